The number of carboxylic acids is 1. The first-order valence-corrected chi connectivity index (χ1v) is 7.54. The monoisotopic (exact) mass is 286 g/mol. The van der Waals surface area contributed by atoms with E-state index >= 15 is 0 Å². The Balaban J connectivity index is 1.83. The second-order valence-electron chi connectivity index (χ2n) is 6.32. The van der Waals surface area contributed by atoms with Gasteiger partial charge >= 0.3 is 5.97 Å². The standard InChI is InChI=1S/C16H18N2O3/c19-11-6-9(7-11)8-18-14-12(16(20)21)2-1-3-13(14)17-15(18)10-4-5-10/h1-3,9-11,19H,4-8H2,(H,20,21). The van der Waals surface area contributed by atoms with Crippen molar-refractivity contribution in [3.63, 3.8) is 0 Å². The van der Waals surface area contributed by atoms with E-state index in [0.29, 0.717) is 17.4 Å². The Labute approximate surface area is 122 Å². The second kappa shape index (κ2) is 4.56. The molecule has 0 amide bonds. The van der Waals surface area contributed by atoms with Gasteiger partial charge in [-0.3, -0.25) is 0 Å². The fraction of sp³-hybridized carbons (Fsp3) is 0.500. The van der Waals surface area contributed by atoms with Gasteiger partial charge in [0.05, 0.1) is 22.7 Å². The summed E-state index contributed by atoms with van der Waals surface area (Å²) in [6, 6.07) is 5.29. The molecule has 0 spiro atoms. The molecule has 0 radical (unpaired) electrons. The van der Waals surface area contributed by atoms with Gasteiger partial charge in [-0.15, -0.1) is 0 Å². The van der Waals surface area contributed by atoms with Crippen molar-refractivity contribution in [1.82, 2.24) is 9.55 Å². The number of rotatable bonds is 4. The van der Waals surface area contributed by atoms with Crippen molar-refractivity contribution >= 4 is 17.0 Å². The number of fused-ring (bicyclic) bond motifs is 1. The predicted molar refractivity (Wildman–Crippen MR) is 77.4 cm³/mol. The van der Waals surface area contributed by atoms with Gasteiger partial charge in [-0.2, -0.15) is 0 Å². The average Bonchev–Trinajstić information content (AvgIpc) is 3.19. The number of hydrogen-bond donors (Lipinski definition) is 2. The van der Waals surface area contributed by atoms with Crippen LogP contribution in [0.4, 0.5) is 0 Å². The van der Waals surface area contributed by atoms with Crippen molar-refractivity contribution in [2.45, 2.75) is 44.2 Å². The van der Waals surface area contributed by atoms with Gasteiger partial charge in [-0.1, -0.05) is 6.07 Å². The van der Waals surface area contributed by atoms with E-state index in [1.54, 1.807) is 12.1 Å². The van der Waals surface area contributed by atoms with Crippen LogP contribution in [-0.2, 0) is 6.54 Å². The van der Waals surface area contributed by atoms with Crippen LogP contribution in [0.15, 0.2) is 18.2 Å². The average molecular weight is 286 g/mol. The van der Waals surface area contributed by atoms with Crippen LogP contribution in [-0.4, -0.2) is 31.8 Å². The van der Waals surface area contributed by atoms with Gasteiger partial charge in [-0.05, 0) is 43.7 Å². The second-order valence-corrected chi connectivity index (χ2v) is 6.32. The highest BCUT2D eigenvalue weighted by atomic mass is 16.4. The topological polar surface area (TPSA) is 75.3 Å². The van der Waals surface area contributed by atoms with E-state index in [1.165, 1.54) is 0 Å². The number of aromatic nitrogens is 2. The Morgan fingerprint density at radius 2 is 2.10 bits per heavy atom. The summed E-state index contributed by atoms with van der Waals surface area (Å²) in [5, 5.41) is 18.9. The van der Waals surface area contributed by atoms with Crippen molar-refractivity contribution in [1.29, 1.82) is 0 Å². The molecule has 5 heteroatoms. The van der Waals surface area contributed by atoms with Crippen LogP contribution in [0.2, 0.25) is 0 Å². The minimum atomic E-state index is -0.905. The summed E-state index contributed by atoms with van der Waals surface area (Å²) in [4.78, 5) is 16.2. The molecule has 1 heterocycles. The number of imidazole rings is 1. The minimum absolute atomic E-state index is 0.187. The summed E-state index contributed by atoms with van der Waals surface area (Å²) < 4.78 is 2.10. The van der Waals surface area contributed by atoms with Gasteiger partial charge in [0.2, 0.25) is 0 Å². The molecule has 2 saturated carbocycles. The molecule has 1 aromatic heterocycles. The molecule has 0 atom stereocenters. The lowest BCUT2D eigenvalue weighted by Crippen LogP contribution is -2.32. The van der Waals surface area contributed by atoms with Crippen molar-refractivity contribution in [3.8, 4) is 0 Å². The molecule has 5 nitrogen and oxygen atoms in total. The molecule has 2 aliphatic carbocycles. The maximum Gasteiger partial charge on any atom is 0.337 e. The number of para-hydroxylation sites is 1. The third kappa shape index (κ3) is 2.12. The lowest BCUT2D eigenvalue weighted by Gasteiger charge is -2.32. The molecule has 0 bridgehead atoms. The number of aliphatic hydroxyl groups excluding tert-OH is 1. The Morgan fingerprint density at radius 1 is 1.33 bits per heavy atom. The Kier molecular flexibility index (Phi) is 2.79. The van der Waals surface area contributed by atoms with Crippen LogP contribution >= 0.6 is 0 Å². The maximum atomic E-state index is 11.5. The van der Waals surface area contributed by atoms with E-state index in [9.17, 15) is 15.0 Å². The number of benzene rings is 1. The van der Waals surface area contributed by atoms with Crippen LogP contribution in [0.5, 0.6) is 0 Å². The minimum Gasteiger partial charge on any atom is -0.478 e. The fourth-order valence-electron chi connectivity index (χ4n) is 3.32. The Bertz CT molecular complexity index is 712. The van der Waals surface area contributed by atoms with Crippen LogP contribution in [0.25, 0.3) is 11.0 Å². The summed E-state index contributed by atoms with van der Waals surface area (Å²) in [6.07, 6.45) is 3.70. The number of carboxylic acid groups (broad SMARTS) is 1. The first-order chi connectivity index (χ1) is 10.1. The van der Waals surface area contributed by atoms with E-state index in [4.69, 9.17) is 0 Å². The molecule has 0 aliphatic heterocycles. The number of nitrogens with zero attached hydrogens (tertiary/aromatic N) is 2. The zero-order valence-corrected chi connectivity index (χ0v) is 11.7. The summed E-state index contributed by atoms with van der Waals surface area (Å²) in [6.45, 7) is 0.768. The SMILES string of the molecule is O=C(O)c1cccc2nc(C3CC3)n(CC3CC(O)C3)c12. The maximum absolute atomic E-state index is 11.5. The zero-order valence-electron chi connectivity index (χ0n) is 11.7. The van der Waals surface area contributed by atoms with Crippen LogP contribution < -0.4 is 0 Å². The van der Waals surface area contributed by atoms with Crippen molar-refractivity contribution < 1.29 is 15.0 Å². The lowest BCUT2D eigenvalue weighted by molar-refractivity contribution is 0.0353. The molecule has 21 heavy (non-hydrogen) atoms. The highest BCUT2D eigenvalue weighted by Gasteiger charge is 2.34. The number of carbonyl (C=O) groups is 1. The Morgan fingerprint density at radius 3 is 2.71 bits per heavy atom. The lowest BCUT2D eigenvalue weighted by atomic mass is 9.82. The quantitative estimate of drug-likeness (QED) is 0.905. The molecule has 2 fully saturated rings. The van der Waals surface area contributed by atoms with Crippen molar-refractivity contribution in [3.05, 3.63) is 29.6 Å². The fourth-order valence-corrected chi connectivity index (χ4v) is 3.32. The van der Waals surface area contributed by atoms with Crippen LogP contribution in [0, 0.1) is 5.92 Å². The normalized spacial score (nSPS) is 25.0. The predicted octanol–water partition coefficient (Wildman–Crippen LogP) is 2.38. The third-order valence-corrected chi connectivity index (χ3v) is 4.62. The molecule has 2 N–H and O–H groups in total. The van der Waals surface area contributed by atoms with E-state index in [1.807, 2.05) is 6.07 Å². The molecule has 0 saturated heterocycles. The molecular formula is C16H18N2O3. The summed E-state index contributed by atoms with van der Waals surface area (Å²) >= 11 is 0. The van der Waals surface area contributed by atoms with Crippen molar-refractivity contribution in [2.75, 3.05) is 0 Å². The smallest absolute Gasteiger partial charge is 0.337 e. The van der Waals surface area contributed by atoms with Crippen LogP contribution in [0.1, 0.15) is 47.8 Å². The number of aliphatic hydroxyl groups is 1. The summed E-state index contributed by atoms with van der Waals surface area (Å²) in [5.74, 6) is 1.03. The molecule has 1 aromatic carbocycles. The molecule has 4 rings (SSSR count). The van der Waals surface area contributed by atoms with Crippen molar-refractivity contribution in [2.24, 2.45) is 5.92 Å². The Hall–Kier alpha value is -1.88. The highest BCUT2D eigenvalue weighted by molar-refractivity contribution is 6.01. The van der Waals surface area contributed by atoms with Gasteiger partial charge < -0.3 is 14.8 Å². The van der Waals surface area contributed by atoms with E-state index < -0.39 is 5.97 Å². The first-order valence-electron chi connectivity index (χ1n) is 7.54. The summed E-state index contributed by atoms with van der Waals surface area (Å²) in [5.41, 5.74) is 1.84. The number of hydrogen-bond acceptors (Lipinski definition) is 3. The van der Waals surface area contributed by atoms with Gasteiger partial charge in [0, 0.05) is 12.5 Å². The van der Waals surface area contributed by atoms with Gasteiger partial charge in [0.25, 0.3) is 0 Å². The van der Waals surface area contributed by atoms with Gasteiger partial charge in [0.15, 0.2) is 0 Å². The van der Waals surface area contributed by atoms with Gasteiger partial charge in [-0.25, -0.2) is 9.78 Å². The van der Waals surface area contributed by atoms with Crippen LogP contribution in [0.3, 0.4) is 0 Å². The molecule has 110 valence electrons. The molecule has 2 aliphatic rings. The molecule has 2 aromatic rings. The third-order valence-electron chi connectivity index (χ3n) is 4.62. The molecular weight excluding hydrogens is 268 g/mol. The largest absolute Gasteiger partial charge is 0.478 e. The van der Waals surface area contributed by atoms with E-state index in [-0.39, 0.29) is 6.10 Å². The highest BCUT2D eigenvalue weighted by Crippen LogP contribution is 2.42. The van der Waals surface area contributed by atoms with E-state index in [0.717, 1.165) is 49.1 Å². The first kappa shape index (κ1) is 12.8. The molecule has 0 unspecified atom stereocenters. The zero-order chi connectivity index (χ0) is 14.6. The van der Waals surface area contributed by atoms with Gasteiger partial charge in [0.1, 0.15) is 5.82 Å². The van der Waals surface area contributed by atoms with E-state index in [2.05, 4.69) is 9.55 Å². The number of aromatic carboxylic acids is 1. The summed E-state index contributed by atoms with van der Waals surface area (Å²) in [7, 11) is 0.